The Hall–Kier alpha value is -2.38. The molecule has 2 amide bonds. The van der Waals surface area contributed by atoms with E-state index in [1.807, 2.05) is 12.1 Å². The van der Waals surface area contributed by atoms with Gasteiger partial charge in [-0.15, -0.1) is 0 Å². The molecule has 2 saturated heterocycles. The van der Waals surface area contributed by atoms with Crippen LogP contribution in [0.15, 0.2) is 28.8 Å². The van der Waals surface area contributed by atoms with E-state index in [2.05, 4.69) is 5.16 Å². The van der Waals surface area contributed by atoms with Gasteiger partial charge in [0, 0.05) is 12.6 Å². The average Bonchev–Trinajstić information content (AvgIpc) is 3.06. The SMILES string of the molecule is Cc1onc(-c2ccccc2Cl)c1C(=O)N1CC2(CC(=O)N(C)O2)C1. The average molecular weight is 362 g/mol. The molecule has 0 unspecified atom stereocenters. The summed E-state index contributed by atoms with van der Waals surface area (Å²) < 4.78 is 5.25. The van der Waals surface area contributed by atoms with Gasteiger partial charge in [0.1, 0.15) is 22.6 Å². The van der Waals surface area contributed by atoms with E-state index in [1.165, 1.54) is 5.06 Å². The van der Waals surface area contributed by atoms with E-state index in [9.17, 15) is 9.59 Å². The maximum atomic E-state index is 12.9. The maximum absolute atomic E-state index is 12.9. The molecule has 130 valence electrons. The normalized spacial score (nSPS) is 18.8. The van der Waals surface area contributed by atoms with Crippen molar-refractivity contribution in [1.29, 1.82) is 0 Å². The second-order valence-corrected chi connectivity index (χ2v) is 6.85. The van der Waals surface area contributed by atoms with Crippen LogP contribution in [-0.4, -0.2) is 52.7 Å². The molecule has 1 aromatic carbocycles. The van der Waals surface area contributed by atoms with Crippen LogP contribution in [0.5, 0.6) is 0 Å². The second kappa shape index (κ2) is 5.57. The number of hydrogen-bond acceptors (Lipinski definition) is 5. The van der Waals surface area contributed by atoms with Crippen molar-refractivity contribution in [1.82, 2.24) is 15.1 Å². The molecule has 8 heteroatoms. The summed E-state index contributed by atoms with van der Waals surface area (Å²) in [6, 6.07) is 7.17. The van der Waals surface area contributed by atoms with Crippen molar-refractivity contribution in [2.24, 2.45) is 0 Å². The number of halogens is 1. The van der Waals surface area contributed by atoms with Crippen molar-refractivity contribution < 1.29 is 18.9 Å². The Bertz CT molecular complexity index is 873. The van der Waals surface area contributed by atoms with Gasteiger partial charge in [-0.25, -0.2) is 5.06 Å². The number of hydroxylamine groups is 2. The van der Waals surface area contributed by atoms with Gasteiger partial charge in [-0.3, -0.25) is 14.4 Å². The minimum Gasteiger partial charge on any atom is -0.360 e. The van der Waals surface area contributed by atoms with Gasteiger partial charge in [-0.2, -0.15) is 0 Å². The molecule has 0 atom stereocenters. The molecule has 25 heavy (non-hydrogen) atoms. The van der Waals surface area contributed by atoms with Crippen molar-refractivity contribution in [2.45, 2.75) is 18.9 Å². The molecule has 2 fully saturated rings. The van der Waals surface area contributed by atoms with Crippen molar-refractivity contribution in [3.05, 3.63) is 40.6 Å². The van der Waals surface area contributed by atoms with Crippen LogP contribution in [-0.2, 0) is 9.63 Å². The Morgan fingerprint density at radius 1 is 1.32 bits per heavy atom. The van der Waals surface area contributed by atoms with Crippen LogP contribution in [0.4, 0.5) is 0 Å². The number of hydrogen-bond donors (Lipinski definition) is 0. The quantitative estimate of drug-likeness (QED) is 0.820. The Morgan fingerprint density at radius 2 is 2.04 bits per heavy atom. The first-order chi connectivity index (χ1) is 11.9. The highest BCUT2D eigenvalue weighted by Crippen LogP contribution is 2.38. The van der Waals surface area contributed by atoms with Crippen LogP contribution in [0.2, 0.25) is 5.02 Å². The lowest BCUT2D eigenvalue weighted by Crippen LogP contribution is -2.63. The van der Waals surface area contributed by atoms with Crippen molar-refractivity contribution in [3.8, 4) is 11.3 Å². The van der Waals surface area contributed by atoms with E-state index in [0.717, 1.165) is 0 Å². The van der Waals surface area contributed by atoms with Gasteiger partial charge < -0.3 is 9.42 Å². The van der Waals surface area contributed by atoms with Crippen molar-refractivity contribution in [2.75, 3.05) is 20.1 Å². The lowest BCUT2D eigenvalue weighted by molar-refractivity contribution is -0.218. The van der Waals surface area contributed by atoms with Gasteiger partial charge in [0.15, 0.2) is 0 Å². The standard InChI is InChI=1S/C17H16ClN3O4/c1-10-14(15(19-24-10)11-5-3-4-6-12(11)18)16(23)21-8-17(9-21)7-13(22)20(2)25-17/h3-6H,7-9H2,1-2H3. The van der Waals surface area contributed by atoms with Crippen LogP contribution in [0.3, 0.4) is 0 Å². The van der Waals surface area contributed by atoms with Crippen LogP contribution in [0.1, 0.15) is 22.5 Å². The van der Waals surface area contributed by atoms with Gasteiger partial charge in [-0.1, -0.05) is 35.0 Å². The Kier molecular flexibility index (Phi) is 3.59. The first-order valence-electron chi connectivity index (χ1n) is 7.86. The predicted molar refractivity (Wildman–Crippen MR) is 88.8 cm³/mol. The summed E-state index contributed by atoms with van der Waals surface area (Å²) in [7, 11) is 1.58. The van der Waals surface area contributed by atoms with E-state index >= 15 is 0 Å². The summed E-state index contributed by atoms with van der Waals surface area (Å²) in [6.45, 7) is 2.41. The Labute approximate surface area is 149 Å². The lowest BCUT2D eigenvalue weighted by Gasteiger charge is -2.45. The van der Waals surface area contributed by atoms with Gasteiger partial charge in [0.05, 0.1) is 24.5 Å². The van der Waals surface area contributed by atoms with E-state index in [-0.39, 0.29) is 18.2 Å². The smallest absolute Gasteiger partial charge is 0.259 e. The molecule has 0 bridgehead atoms. The number of carbonyl (C=O) groups is 2. The molecule has 0 saturated carbocycles. The van der Waals surface area contributed by atoms with Crippen LogP contribution < -0.4 is 0 Å². The number of carbonyl (C=O) groups excluding carboxylic acids is 2. The van der Waals surface area contributed by atoms with Gasteiger partial charge >= 0.3 is 0 Å². The van der Waals surface area contributed by atoms with Gasteiger partial charge in [0.25, 0.3) is 5.91 Å². The second-order valence-electron chi connectivity index (χ2n) is 6.45. The number of amides is 2. The monoisotopic (exact) mass is 361 g/mol. The fourth-order valence-corrected chi connectivity index (χ4v) is 3.57. The fourth-order valence-electron chi connectivity index (χ4n) is 3.34. The third-order valence-corrected chi connectivity index (χ3v) is 4.94. The van der Waals surface area contributed by atoms with E-state index < -0.39 is 5.60 Å². The molecule has 7 nitrogen and oxygen atoms in total. The molecule has 2 aromatic rings. The lowest BCUT2D eigenvalue weighted by atomic mass is 9.90. The summed E-state index contributed by atoms with van der Waals surface area (Å²) in [5.74, 6) is 0.149. The van der Waals surface area contributed by atoms with Crippen LogP contribution in [0.25, 0.3) is 11.3 Å². The first-order valence-corrected chi connectivity index (χ1v) is 8.24. The number of likely N-dealkylation sites (tertiary alicyclic amines) is 1. The summed E-state index contributed by atoms with van der Waals surface area (Å²) in [5.41, 5.74) is 0.860. The number of aryl methyl sites for hydroxylation is 1. The summed E-state index contributed by atoms with van der Waals surface area (Å²) in [6.07, 6.45) is 0.285. The largest absolute Gasteiger partial charge is 0.360 e. The van der Waals surface area contributed by atoms with E-state index in [4.69, 9.17) is 21.0 Å². The number of benzene rings is 1. The van der Waals surface area contributed by atoms with Crippen molar-refractivity contribution >= 4 is 23.4 Å². The van der Waals surface area contributed by atoms with Gasteiger partial charge in [-0.05, 0) is 13.0 Å². The molecule has 0 radical (unpaired) electrons. The Morgan fingerprint density at radius 3 is 2.68 bits per heavy atom. The highest BCUT2D eigenvalue weighted by atomic mass is 35.5. The molecule has 1 aromatic heterocycles. The van der Waals surface area contributed by atoms with Gasteiger partial charge in [0.2, 0.25) is 5.91 Å². The fraction of sp³-hybridized carbons (Fsp3) is 0.353. The van der Waals surface area contributed by atoms with Crippen LogP contribution in [0, 0.1) is 6.92 Å². The zero-order valence-corrected chi connectivity index (χ0v) is 14.5. The highest BCUT2D eigenvalue weighted by Gasteiger charge is 2.54. The summed E-state index contributed by atoms with van der Waals surface area (Å²) in [5, 5.41) is 5.76. The zero-order chi connectivity index (χ0) is 17.8. The third kappa shape index (κ3) is 2.51. The molecular formula is C17H16ClN3O4. The van der Waals surface area contributed by atoms with Crippen molar-refractivity contribution in [3.63, 3.8) is 0 Å². The minimum absolute atomic E-state index is 0.0787. The molecule has 3 heterocycles. The molecule has 2 aliphatic rings. The molecule has 1 spiro atoms. The predicted octanol–water partition coefficient (Wildman–Crippen LogP) is 2.29. The molecule has 0 N–H and O–H groups in total. The highest BCUT2D eigenvalue weighted by molar-refractivity contribution is 6.33. The topological polar surface area (TPSA) is 75.9 Å². The number of rotatable bonds is 2. The Balaban J connectivity index is 1.60. The third-order valence-electron chi connectivity index (χ3n) is 4.61. The summed E-state index contributed by atoms with van der Waals surface area (Å²) >= 11 is 6.23. The zero-order valence-electron chi connectivity index (χ0n) is 13.8. The molecule has 0 aliphatic carbocycles. The molecule has 2 aliphatic heterocycles. The summed E-state index contributed by atoms with van der Waals surface area (Å²) in [4.78, 5) is 31.8. The molecule has 4 rings (SSSR count). The maximum Gasteiger partial charge on any atom is 0.259 e. The van der Waals surface area contributed by atoms with Crippen LogP contribution >= 0.6 is 11.6 Å². The number of aromatic nitrogens is 1. The number of nitrogens with zero attached hydrogens (tertiary/aromatic N) is 3. The molecular weight excluding hydrogens is 346 g/mol. The minimum atomic E-state index is -0.600. The van der Waals surface area contributed by atoms with E-state index in [0.29, 0.717) is 40.7 Å². The first kappa shape index (κ1) is 16.1. The van der Waals surface area contributed by atoms with E-state index in [1.54, 1.807) is 31.0 Å².